The number of aryl methyl sites for hydroxylation is 1. The van der Waals surface area contributed by atoms with Crippen molar-refractivity contribution in [2.24, 2.45) is 5.10 Å². The van der Waals surface area contributed by atoms with Gasteiger partial charge in [0.05, 0.1) is 17.1 Å². The summed E-state index contributed by atoms with van der Waals surface area (Å²) >= 11 is 3.44. The van der Waals surface area contributed by atoms with Gasteiger partial charge < -0.3 is 4.57 Å². The lowest BCUT2D eigenvalue weighted by molar-refractivity contribution is 0.622. The highest BCUT2D eigenvalue weighted by molar-refractivity contribution is 9.10. The Balaban J connectivity index is 1.89. The van der Waals surface area contributed by atoms with Crippen LogP contribution in [0.4, 0.5) is 0 Å². The maximum absolute atomic E-state index is 13.2. The molecule has 4 aromatic rings. The van der Waals surface area contributed by atoms with Gasteiger partial charge in [-0.25, -0.2) is 4.98 Å². The molecule has 29 heavy (non-hydrogen) atoms. The molecule has 4 rings (SSSR count). The smallest absolute Gasteiger partial charge is 0.282 e. The minimum absolute atomic E-state index is 0.149. The first-order valence-electron chi connectivity index (χ1n) is 9.84. The van der Waals surface area contributed by atoms with Crippen LogP contribution in [-0.4, -0.2) is 20.4 Å². The molecule has 2 aromatic carbocycles. The quantitative estimate of drug-likeness (QED) is 0.375. The summed E-state index contributed by atoms with van der Waals surface area (Å²) in [5.74, 6) is 0.677. The second kappa shape index (κ2) is 7.95. The van der Waals surface area contributed by atoms with E-state index in [9.17, 15) is 4.79 Å². The summed E-state index contributed by atoms with van der Waals surface area (Å²) < 4.78 is 4.52. The molecule has 0 spiro atoms. The van der Waals surface area contributed by atoms with Crippen molar-refractivity contribution in [3.8, 4) is 0 Å². The van der Waals surface area contributed by atoms with E-state index >= 15 is 0 Å². The first-order chi connectivity index (χ1) is 14.0. The highest BCUT2D eigenvalue weighted by Crippen LogP contribution is 2.23. The fraction of sp³-hybridized carbons (Fsp3) is 0.261. The van der Waals surface area contributed by atoms with Crippen molar-refractivity contribution in [1.82, 2.24) is 14.2 Å². The van der Waals surface area contributed by atoms with E-state index < -0.39 is 0 Å². The van der Waals surface area contributed by atoms with Crippen molar-refractivity contribution in [3.05, 3.63) is 74.9 Å². The van der Waals surface area contributed by atoms with Crippen LogP contribution in [0.1, 0.15) is 44.6 Å². The highest BCUT2D eigenvalue weighted by Gasteiger charge is 2.12. The van der Waals surface area contributed by atoms with Crippen LogP contribution in [0.15, 0.2) is 63.0 Å². The summed E-state index contributed by atoms with van der Waals surface area (Å²) in [4.78, 5) is 17.9. The van der Waals surface area contributed by atoms with Gasteiger partial charge in [-0.1, -0.05) is 41.1 Å². The van der Waals surface area contributed by atoms with Crippen molar-refractivity contribution < 1.29 is 0 Å². The van der Waals surface area contributed by atoms with Crippen LogP contribution in [0.25, 0.3) is 21.8 Å². The highest BCUT2D eigenvalue weighted by atomic mass is 79.9. The van der Waals surface area contributed by atoms with Crippen LogP contribution in [-0.2, 0) is 6.42 Å². The zero-order valence-corrected chi connectivity index (χ0v) is 18.3. The molecule has 6 heteroatoms. The molecule has 5 nitrogen and oxygen atoms in total. The minimum atomic E-state index is -0.149. The minimum Gasteiger partial charge on any atom is -0.344 e. The van der Waals surface area contributed by atoms with Crippen LogP contribution >= 0.6 is 15.9 Å². The molecule has 0 aliphatic carbocycles. The zero-order chi connectivity index (χ0) is 20.5. The molecule has 0 radical (unpaired) electrons. The third kappa shape index (κ3) is 3.65. The van der Waals surface area contributed by atoms with E-state index in [1.54, 1.807) is 12.3 Å². The number of hydrogen-bond donors (Lipinski definition) is 0. The van der Waals surface area contributed by atoms with Crippen LogP contribution in [0.5, 0.6) is 0 Å². The molecule has 0 unspecified atom stereocenters. The molecule has 0 amide bonds. The molecule has 2 aromatic heterocycles. The summed E-state index contributed by atoms with van der Waals surface area (Å²) in [5.41, 5.74) is 2.69. The molecule has 2 heterocycles. The van der Waals surface area contributed by atoms with Crippen LogP contribution in [0, 0.1) is 0 Å². The molecule has 0 atom stereocenters. The van der Waals surface area contributed by atoms with Gasteiger partial charge in [0.1, 0.15) is 5.82 Å². The predicted octanol–water partition coefficient (Wildman–Crippen LogP) is 5.53. The van der Waals surface area contributed by atoms with Crippen LogP contribution in [0.2, 0.25) is 0 Å². The Morgan fingerprint density at radius 3 is 2.72 bits per heavy atom. The normalized spacial score (nSPS) is 12.0. The molecule has 0 saturated heterocycles. The Kier molecular flexibility index (Phi) is 5.37. The Morgan fingerprint density at radius 1 is 1.17 bits per heavy atom. The number of nitrogens with zero attached hydrogens (tertiary/aromatic N) is 4. The number of halogens is 1. The second-order valence-electron chi connectivity index (χ2n) is 7.40. The number of para-hydroxylation sites is 1. The Morgan fingerprint density at radius 2 is 1.97 bits per heavy atom. The number of fused-ring (bicyclic) bond motifs is 2. The number of rotatable bonds is 5. The lowest BCUT2D eigenvalue weighted by Gasteiger charge is -2.08. The lowest BCUT2D eigenvalue weighted by atomic mass is 10.2. The van der Waals surface area contributed by atoms with E-state index in [-0.39, 0.29) is 5.56 Å². The third-order valence-electron chi connectivity index (χ3n) is 4.99. The van der Waals surface area contributed by atoms with E-state index in [4.69, 9.17) is 4.98 Å². The van der Waals surface area contributed by atoms with Gasteiger partial charge >= 0.3 is 0 Å². The maximum atomic E-state index is 13.2. The maximum Gasteiger partial charge on any atom is 0.282 e. The fourth-order valence-electron chi connectivity index (χ4n) is 3.58. The number of aromatic nitrogens is 3. The van der Waals surface area contributed by atoms with Crippen LogP contribution in [0.3, 0.4) is 0 Å². The molecule has 0 saturated carbocycles. The molecule has 0 bridgehead atoms. The summed E-state index contributed by atoms with van der Waals surface area (Å²) in [6, 6.07) is 14.2. The molecule has 0 N–H and O–H groups in total. The first kappa shape index (κ1) is 19.6. The monoisotopic (exact) mass is 450 g/mol. The fourth-order valence-corrected chi connectivity index (χ4v) is 3.94. The van der Waals surface area contributed by atoms with Gasteiger partial charge in [0.25, 0.3) is 5.56 Å². The van der Waals surface area contributed by atoms with Gasteiger partial charge in [0.2, 0.25) is 0 Å². The zero-order valence-electron chi connectivity index (χ0n) is 16.8. The van der Waals surface area contributed by atoms with Crippen molar-refractivity contribution in [2.75, 3.05) is 0 Å². The predicted molar refractivity (Wildman–Crippen MR) is 123 cm³/mol. The van der Waals surface area contributed by atoms with E-state index in [1.807, 2.05) is 24.3 Å². The lowest BCUT2D eigenvalue weighted by Crippen LogP contribution is -2.22. The van der Waals surface area contributed by atoms with Gasteiger partial charge in [0, 0.05) is 39.6 Å². The number of benzene rings is 2. The molecular formula is C23H23BrN4O. The van der Waals surface area contributed by atoms with Gasteiger partial charge in [-0.05, 0) is 44.5 Å². The summed E-state index contributed by atoms with van der Waals surface area (Å²) in [7, 11) is 0. The average Bonchev–Trinajstić information content (AvgIpc) is 3.08. The van der Waals surface area contributed by atoms with E-state index in [1.165, 1.54) is 4.68 Å². The van der Waals surface area contributed by atoms with Gasteiger partial charge in [-0.3, -0.25) is 4.79 Å². The Hall–Kier alpha value is -2.73. The topological polar surface area (TPSA) is 52.2 Å². The molecule has 0 aliphatic heterocycles. The summed E-state index contributed by atoms with van der Waals surface area (Å²) in [5, 5.41) is 6.26. The Bertz CT molecular complexity index is 1280. The molecular weight excluding hydrogens is 428 g/mol. The van der Waals surface area contributed by atoms with Gasteiger partial charge in [-0.15, -0.1) is 0 Å². The van der Waals surface area contributed by atoms with E-state index in [0.29, 0.717) is 29.2 Å². The van der Waals surface area contributed by atoms with Gasteiger partial charge in [0.15, 0.2) is 0 Å². The average molecular weight is 451 g/mol. The van der Waals surface area contributed by atoms with Crippen molar-refractivity contribution in [1.29, 1.82) is 0 Å². The van der Waals surface area contributed by atoms with E-state index in [2.05, 4.69) is 64.7 Å². The third-order valence-corrected chi connectivity index (χ3v) is 5.48. The van der Waals surface area contributed by atoms with Crippen molar-refractivity contribution in [2.45, 2.75) is 39.7 Å². The summed E-state index contributed by atoms with van der Waals surface area (Å²) in [6.07, 6.45) is 5.44. The largest absolute Gasteiger partial charge is 0.344 e. The molecule has 148 valence electrons. The SMILES string of the molecule is CCCc1nc2ccc(Br)cc2c(=O)n1N=Cc1cn(C(C)C)c2ccccc12. The first-order valence-corrected chi connectivity index (χ1v) is 10.6. The molecule has 0 aliphatic rings. The number of hydrogen-bond acceptors (Lipinski definition) is 3. The summed E-state index contributed by atoms with van der Waals surface area (Å²) in [6.45, 7) is 6.38. The van der Waals surface area contributed by atoms with Crippen molar-refractivity contribution in [3.63, 3.8) is 0 Å². The van der Waals surface area contributed by atoms with Crippen molar-refractivity contribution >= 4 is 44.0 Å². The van der Waals surface area contributed by atoms with Crippen LogP contribution < -0.4 is 5.56 Å². The second-order valence-corrected chi connectivity index (χ2v) is 8.32. The molecule has 0 fully saturated rings. The standard InChI is InChI=1S/C23H23BrN4O/c1-4-7-22-26-20-11-10-17(24)12-19(20)23(29)28(22)25-13-16-14-27(15(2)3)21-9-6-5-8-18(16)21/h5-6,8-15H,4,7H2,1-3H3. The van der Waals surface area contributed by atoms with E-state index in [0.717, 1.165) is 27.4 Å². The van der Waals surface area contributed by atoms with Gasteiger partial charge in [-0.2, -0.15) is 9.78 Å². The Labute approximate surface area is 177 Å².